The topological polar surface area (TPSA) is 90.3 Å². The summed E-state index contributed by atoms with van der Waals surface area (Å²) < 4.78 is 7.02. The maximum absolute atomic E-state index is 13.1. The summed E-state index contributed by atoms with van der Waals surface area (Å²) in [7, 11) is 0. The van der Waals surface area contributed by atoms with Crippen LogP contribution in [0, 0.1) is 0 Å². The van der Waals surface area contributed by atoms with Gasteiger partial charge in [-0.25, -0.2) is 4.98 Å². The van der Waals surface area contributed by atoms with E-state index in [0.717, 1.165) is 19.4 Å². The Balaban J connectivity index is 1.57. The number of aromatic nitrogens is 2. The molecule has 2 heterocycles. The van der Waals surface area contributed by atoms with Gasteiger partial charge in [0.25, 0.3) is 11.5 Å². The number of nitrogens with zero attached hydrogens (tertiary/aromatic N) is 2. The maximum Gasteiger partial charge on any atom is 0.262 e. The molecule has 2 aromatic carbocycles. The molecule has 0 spiro atoms. The Hall–Kier alpha value is -2.94. The summed E-state index contributed by atoms with van der Waals surface area (Å²) in [6.07, 6.45) is 3.57. The minimum atomic E-state index is -0.252. The first-order valence-corrected chi connectivity index (χ1v) is 12.3. The number of hydrogen-bond donors (Lipinski definition) is 1. The molecule has 0 bridgehead atoms. The monoisotopic (exact) mass is 497 g/mol. The lowest BCUT2D eigenvalue weighted by molar-refractivity contribution is 0.0857. The number of ether oxygens (including phenoxy) is 1. The average Bonchev–Trinajstić information content (AvgIpc) is 3.37. The fourth-order valence-corrected chi connectivity index (χ4v) is 4.73. The molecule has 0 aliphatic carbocycles. The molecule has 0 radical (unpaired) electrons. The van der Waals surface area contributed by atoms with Crippen LogP contribution in [-0.4, -0.2) is 46.2 Å². The second kappa shape index (κ2) is 11.0. The predicted octanol–water partition coefficient (Wildman–Crippen LogP) is 4.12. The van der Waals surface area contributed by atoms with Gasteiger partial charge in [0.2, 0.25) is 0 Å². The van der Waals surface area contributed by atoms with Gasteiger partial charge in [-0.1, -0.05) is 29.4 Å². The number of carbonyl (C=O) groups is 2. The minimum absolute atomic E-state index is 0.0369. The van der Waals surface area contributed by atoms with Crippen molar-refractivity contribution in [2.24, 2.45) is 0 Å². The molecule has 176 valence electrons. The third-order valence-electron chi connectivity index (χ3n) is 5.51. The van der Waals surface area contributed by atoms with Crippen molar-refractivity contribution >= 4 is 46.0 Å². The molecule has 1 atom stereocenters. The number of benzene rings is 2. The Labute approximate surface area is 206 Å². The molecule has 1 aromatic heterocycles. The predicted molar refractivity (Wildman–Crippen MR) is 134 cm³/mol. The number of amides is 1. The average molecular weight is 498 g/mol. The maximum atomic E-state index is 13.1. The zero-order valence-electron chi connectivity index (χ0n) is 18.5. The van der Waals surface area contributed by atoms with Crippen molar-refractivity contribution in [2.75, 3.05) is 18.9 Å². The van der Waals surface area contributed by atoms with Crippen LogP contribution in [0.25, 0.3) is 10.9 Å². The highest BCUT2D eigenvalue weighted by Gasteiger charge is 2.18. The molecule has 1 fully saturated rings. The van der Waals surface area contributed by atoms with Gasteiger partial charge in [-0.15, -0.1) is 6.58 Å². The van der Waals surface area contributed by atoms with Crippen LogP contribution < -0.4 is 10.9 Å². The molecule has 34 heavy (non-hydrogen) atoms. The number of allylic oxidation sites excluding steroid dienone is 1. The summed E-state index contributed by atoms with van der Waals surface area (Å²) >= 11 is 7.07. The number of hydrogen-bond acceptors (Lipinski definition) is 6. The van der Waals surface area contributed by atoms with Crippen molar-refractivity contribution in [1.29, 1.82) is 0 Å². The first-order chi connectivity index (χ1) is 16.5. The lowest BCUT2D eigenvalue weighted by Crippen LogP contribution is -2.31. The van der Waals surface area contributed by atoms with E-state index in [9.17, 15) is 14.4 Å². The van der Waals surface area contributed by atoms with Crippen LogP contribution in [0.2, 0.25) is 5.02 Å². The van der Waals surface area contributed by atoms with Crippen LogP contribution in [0.1, 0.15) is 33.6 Å². The lowest BCUT2D eigenvalue weighted by atomic mass is 10.1. The van der Waals surface area contributed by atoms with E-state index in [1.807, 2.05) is 0 Å². The standard InChI is InChI=1S/C25H24ClN3O4S/c1-2-11-29-24(32)20-10-7-17(23(31)27-14-19-4-3-12-33-19)13-21(20)28-25(29)34-15-22(30)16-5-8-18(26)9-6-16/h2,5-10,13,19H,1,3-4,11-12,14-15H2,(H,27,31). The van der Waals surface area contributed by atoms with Crippen LogP contribution in [0.4, 0.5) is 0 Å². The van der Waals surface area contributed by atoms with Crippen molar-refractivity contribution in [2.45, 2.75) is 30.6 Å². The molecule has 4 rings (SSSR count). The van der Waals surface area contributed by atoms with Crippen LogP contribution in [0.5, 0.6) is 0 Å². The van der Waals surface area contributed by atoms with Gasteiger partial charge in [0, 0.05) is 35.8 Å². The van der Waals surface area contributed by atoms with E-state index in [1.165, 1.54) is 16.3 Å². The first kappa shape index (κ1) is 24.2. The molecule has 1 aliphatic heterocycles. The Morgan fingerprint density at radius 3 is 2.71 bits per heavy atom. The van der Waals surface area contributed by atoms with E-state index in [2.05, 4.69) is 16.9 Å². The van der Waals surface area contributed by atoms with Gasteiger partial charge in [0.15, 0.2) is 10.9 Å². The van der Waals surface area contributed by atoms with Gasteiger partial charge in [-0.05, 0) is 55.3 Å². The summed E-state index contributed by atoms with van der Waals surface area (Å²) in [5.74, 6) is -0.261. The van der Waals surface area contributed by atoms with E-state index < -0.39 is 0 Å². The Morgan fingerprint density at radius 1 is 1.24 bits per heavy atom. The number of Topliss-reactive ketones (excluding diaryl/α,β-unsaturated/α-hetero) is 1. The number of carbonyl (C=O) groups excluding carboxylic acids is 2. The minimum Gasteiger partial charge on any atom is -0.376 e. The molecular weight excluding hydrogens is 474 g/mol. The number of ketones is 1. The van der Waals surface area contributed by atoms with Gasteiger partial charge in [-0.3, -0.25) is 19.0 Å². The fourth-order valence-electron chi connectivity index (χ4n) is 3.71. The Kier molecular flexibility index (Phi) is 7.82. The Bertz CT molecular complexity index is 1280. The third-order valence-corrected chi connectivity index (χ3v) is 6.74. The smallest absolute Gasteiger partial charge is 0.262 e. The van der Waals surface area contributed by atoms with E-state index in [4.69, 9.17) is 16.3 Å². The highest BCUT2D eigenvalue weighted by atomic mass is 35.5. The molecule has 9 heteroatoms. The van der Waals surface area contributed by atoms with E-state index in [-0.39, 0.29) is 35.7 Å². The zero-order valence-corrected chi connectivity index (χ0v) is 20.0. The molecule has 1 unspecified atom stereocenters. The quantitative estimate of drug-likeness (QED) is 0.207. The fraction of sp³-hybridized carbons (Fsp3) is 0.280. The van der Waals surface area contributed by atoms with E-state index >= 15 is 0 Å². The van der Waals surface area contributed by atoms with Gasteiger partial charge in [-0.2, -0.15) is 0 Å². The van der Waals surface area contributed by atoms with Crippen LogP contribution in [-0.2, 0) is 11.3 Å². The lowest BCUT2D eigenvalue weighted by Gasteiger charge is -2.13. The first-order valence-electron chi connectivity index (χ1n) is 10.9. The van der Waals surface area contributed by atoms with E-state index in [0.29, 0.717) is 38.8 Å². The van der Waals surface area contributed by atoms with Gasteiger partial charge < -0.3 is 10.1 Å². The van der Waals surface area contributed by atoms with Crippen molar-refractivity contribution < 1.29 is 14.3 Å². The van der Waals surface area contributed by atoms with Gasteiger partial charge in [0.05, 0.1) is 22.8 Å². The van der Waals surface area contributed by atoms with Crippen molar-refractivity contribution in [3.63, 3.8) is 0 Å². The number of thioether (sulfide) groups is 1. The molecule has 1 N–H and O–H groups in total. The summed E-state index contributed by atoms with van der Waals surface area (Å²) in [6.45, 7) is 5.14. The normalized spacial score (nSPS) is 15.4. The largest absolute Gasteiger partial charge is 0.376 e. The van der Waals surface area contributed by atoms with Gasteiger partial charge >= 0.3 is 0 Å². The molecule has 1 aliphatic rings. The molecule has 0 saturated carbocycles. The van der Waals surface area contributed by atoms with Crippen molar-refractivity contribution in [1.82, 2.24) is 14.9 Å². The summed E-state index contributed by atoms with van der Waals surface area (Å²) in [5, 5.41) is 4.21. The highest BCUT2D eigenvalue weighted by Crippen LogP contribution is 2.21. The summed E-state index contributed by atoms with van der Waals surface area (Å²) in [6, 6.07) is 11.5. The molecule has 1 saturated heterocycles. The molecule has 7 nitrogen and oxygen atoms in total. The molecular formula is C25H24ClN3O4S. The van der Waals surface area contributed by atoms with Crippen molar-refractivity contribution in [3.05, 3.63) is 81.6 Å². The second-order valence-corrected chi connectivity index (χ2v) is 9.27. The summed E-state index contributed by atoms with van der Waals surface area (Å²) in [5.41, 5.74) is 1.08. The Morgan fingerprint density at radius 2 is 2.00 bits per heavy atom. The van der Waals surface area contributed by atoms with Gasteiger partial charge in [0.1, 0.15) is 0 Å². The van der Waals surface area contributed by atoms with E-state index in [1.54, 1.807) is 48.5 Å². The summed E-state index contributed by atoms with van der Waals surface area (Å²) in [4.78, 5) is 43.0. The highest BCUT2D eigenvalue weighted by molar-refractivity contribution is 7.99. The van der Waals surface area contributed by atoms with Crippen molar-refractivity contribution in [3.8, 4) is 0 Å². The molecule has 1 amide bonds. The number of rotatable bonds is 9. The number of fused-ring (bicyclic) bond motifs is 1. The number of halogens is 1. The van der Waals surface area contributed by atoms with Crippen LogP contribution in [0.15, 0.2) is 65.1 Å². The zero-order chi connectivity index (χ0) is 24.1. The van der Waals surface area contributed by atoms with Crippen LogP contribution in [0.3, 0.4) is 0 Å². The third kappa shape index (κ3) is 5.58. The second-order valence-electron chi connectivity index (χ2n) is 7.89. The van der Waals surface area contributed by atoms with Crippen LogP contribution >= 0.6 is 23.4 Å². The number of nitrogens with one attached hydrogen (secondary N) is 1. The SMILES string of the molecule is C=CCn1c(SCC(=O)c2ccc(Cl)cc2)nc2cc(C(=O)NCC3CCCO3)ccc2c1=O. The molecule has 3 aromatic rings.